The molecule has 8 atom stereocenters. The summed E-state index contributed by atoms with van der Waals surface area (Å²) in [5, 5.41) is 0.632. The van der Waals surface area contributed by atoms with E-state index in [1.807, 2.05) is 0 Å². The zero-order valence-corrected chi connectivity index (χ0v) is 25.4. The van der Waals surface area contributed by atoms with Gasteiger partial charge in [0.1, 0.15) is 36.2 Å². The summed E-state index contributed by atoms with van der Waals surface area (Å²) < 4.78 is 52.1. The van der Waals surface area contributed by atoms with Crippen LogP contribution in [0.5, 0.6) is 0 Å². The van der Waals surface area contributed by atoms with Crippen LogP contribution in [0.25, 0.3) is 22.2 Å². The van der Waals surface area contributed by atoms with Crippen LogP contribution in [0.1, 0.15) is 25.3 Å². The van der Waals surface area contributed by atoms with Gasteiger partial charge < -0.3 is 39.4 Å². The van der Waals surface area contributed by atoms with Gasteiger partial charge in [-0.15, -0.1) is 0 Å². The van der Waals surface area contributed by atoms with Gasteiger partial charge in [-0.1, -0.05) is 12.2 Å². The molecule has 0 aliphatic carbocycles. The number of hydrogen-bond donors (Lipinski definition) is 5. The number of ether oxygens (including phenoxy) is 2. The monoisotopic (exact) mass is 673 g/mol. The van der Waals surface area contributed by atoms with E-state index in [0.717, 1.165) is 0 Å². The summed E-state index contributed by atoms with van der Waals surface area (Å²) in [4.78, 5) is 42.2. The van der Waals surface area contributed by atoms with Gasteiger partial charge in [-0.05, 0) is 17.9 Å². The Labute approximate surface area is 251 Å². The standard InChI is InChI=1S/C21H25N9O9P2S2/c22-16-10-1-2-29(17(10)25-7-24-16)14-4-11-13(37-14)6-35-41(33,43)39-12-3-9(5-34-40(32,42)38-11)36-20(12)30-8-26-15-18(30)27-21(23)28-19(15)31/h1-2,7-9,11-14,20H,3-6H2,(H,32,42)(H,33,43)(H2,22,24,25)(H3,23,27,28,31)/t9-,11-,12+,13+,14+,20+,40?,41?/m0/s1. The largest absolute Gasteiger partial charge is 0.386 e. The van der Waals surface area contributed by atoms with Crippen molar-refractivity contribution in [2.75, 3.05) is 24.7 Å². The highest BCUT2D eigenvalue weighted by molar-refractivity contribution is 8.44. The van der Waals surface area contributed by atoms with Crippen LogP contribution in [0.15, 0.2) is 29.7 Å². The van der Waals surface area contributed by atoms with Gasteiger partial charge in [0.2, 0.25) is 5.95 Å². The smallest absolute Gasteiger partial charge is 0.383 e. The predicted octanol–water partition coefficient (Wildman–Crippen LogP) is 1.38. The van der Waals surface area contributed by atoms with Crippen molar-refractivity contribution in [1.29, 1.82) is 0 Å². The molecule has 0 aromatic carbocycles. The lowest BCUT2D eigenvalue weighted by atomic mass is 10.2. The van der Waals surface area contributed by atoms with Gasteiger partial charge in [0, 0.05) is 19.0 Å². The van der Waals surface area contributed by atoms with E-state index in [2.05, 4.69) is 37.2 Å². The lowest BCUT2D eigenvalue weighted by molar-refractivity contribution is -0.0572. The first-order chi connectivity index (χ1) is 20.5. The van der Waals surface area contributed by atoms with E-state index in [1.54, 1.807) is 16.8 Å². The quantitative estimate of drug-likeness (QED) is 0.149. The van der Waals surface area contributed by atoms with E-state index in [1.165, 1.54) is 17.2 Å². The first-order valence-corrected chi connectivity index (χ1v) is 18.2. The van der Waals surface area contributed by atoms with E-state index in [0.29, 0.717) is 16.9 Å². The van der Waals surface area contributed by atoms with Crippen LogP contribution in [0.4, 0.5) is 11.8 Å². The number of aromatic nitrogens is 7. The van der Waals surface area contributed by atoms with Crippen LogP contribution in [0.3, 0.4) is 0 Å². The van der Waals surface area contributed by atoms with Crippen molar-refractivity contribution in [2.45, 2.75) is 49.7 Å². The van der Waals surface area contributed by atoms with Crippen LogP contribution in [0.2, 0.25) is 0 Å². The Morgan fingerprint density at radius 3 is 2.72 bits per heavy atom. The number of rotatable bonds is 2. The molecular formula is C21H25N9O9P2S2. The van der Waals surface area contributed by atoms with Crippen LogP contribution in [0, 0.1) is 0 Å². The number of nitrogens with one attached hydrogen (secondary N) is 1. The summed E-state index contributed by atoms with van der Waals surface area (Å²) >= 11 is 9.52. The van der Waals surface area contributed by atoms with Gasteiger partial charge >= 0.3 is 13.5 Å². The molecule has 0 radical (unpaired) electrons. The van der Waals surface area contributed by atoms with Crippen LogP contribution in [-0.4, -0.2) is 76.6 Å². The normalized spacial score (nSPS) is 35.4. The summed E-state index contributed by atoms with van der Waals surface area (Å²) in [5.41, 5.74) is 11.8. The Morgan fingerprint density at radius 2 is 1.88 bits per heavy atom. The molecule has 3 fully saturated rings. The number of anilines is 2. The Morgan fingerprint density at radius 1 is 1.05 bits per heavy atom. The van der Waals surface area contributed by atoms with Crippen molar-refractivity contribution in [3.8, 4) is 0 Å². The zero-order chi connectivity index (χ0) is 30.1. The highest BCUT2D eigenvalue weighted by Crippen LogP contribution is 2.58. The third-order valence-electron chi connectivity index (χ3n) is 7.26. The zero-order valence-electron chi connectivity index (χ0n) is 21.9. The number of aromatic amines is 1. The molecule has 0 amide bonds. The lowest BCUT2D eigenvalue weighted by Crippen LogP contribution is -2.29. The maximum absolute atomic E-state index is 13.5. The number of nitrogen functional groups attached to an aromatic ring is 2. The Kier molecular flexibility index (Phi) is 7.38. The number of nitrogens with zero attached hydrogens (tertiary/aromatic N) is 6. The fraction of sp³-hybridized carbons (Fsp3) is 0.476. The second-order valence-electron chi connectivity index (χ2n) is 10.1. The van der Waals surface area contributed by atoms with Crippen molar-refractivity contribution in [2.24, 2.45) is 0 Å². The van der Waals surface area contributed by atoms with Crippen molar-refractivity contribution in [1.82, 2.24) is 34.1 Å². The topological polar surface area (TPSA) is 239 Å². The summed E-state index contributed by atoms with van der Waals surface area (Å²) in [5.74, 6) is 0.174. The first kappa shape index (κ1) is 29.2. The highest BCUT2D eigenvalue weighted by atomic mass is 32.7. The molecule has 4 aromatic rings. The van der Waals surface area contributed by atoms with Crippen LogP contribution < -0.4 is 17.0 Å². The predicted molar refractivity (Wildman–Crippen MR) is 156 cm³/mol. The maximum Gasteiger partial charge on any atom is 0.386 e. The van der Waals surface area contributed by atoms with E-state index in [9.17, 15) is 14.3 Å². The van der Waals surface area contributed by atoms with Gasteiger partial charge in [-0.3, -0.25) is 23.4 Å². The fourth-order valence-electron chi connectivity index (χ4n) is 5.40. The Hall–Kier alpha value is -2.48. The highest BCUT2D eigenvalue weighted by Gasteiger charge is 2.46. The minimum absolute atomic E-state index is 0.0128. The number of hydrogen-bond acceptors (Lipinski definition) is 15. The summed E-state index contributed by atoms with van der Waals surface area (Å²) in [6, 6.07) is 1.75. The summed E-state index contributed by atoms with van der Waals surface area (Å²) in [6.45, 7) is -8.38. The molecule has 3 saturated heterocycles. The molecule has 6 N–H and O–H groups in total. The molecule has 18 nitrogen and oxygen atoms in total. The third-order valence-corrected chi connectivity index (χ3v) is 10.5. The van der Waals surface area contributed by atoms with Gasteiger partial charge in [0.15, 0.2) is 17.4 Å². The summed E-state index contributed by atoms with van der Waals surface area (Å²) in [7, 11) is 0. The average Bonchev–Trinajstić information content (AvgIpc) is 3.71. The average molecular weight is 674 g/mol. The second-order valence-corrected chi connectivity index (χ2v) is 15.7. The number of nitrogens with two attached hydrogens (primary N) is 2. The number of H-pyrrole nitrogens is 1. The fourth-order valence-corrected chi connectivity index (χ4v) is 8.38. The molecular weight excluding hydrogens is 648 g/mol. The number of imidazole rings is 1. The van der Waals surface area contributed by atoms with Crippen molar-refractivity contribution in [3.63, 3.8) is 0 Å². The van der Waals surface area contributed by atoms with Gasteiger partial charge in [-0.2, -0.15) is 4.98 Å². The van der Waals surface area contributed by atoms with Crippen molar-refractivity contribution >= 4 is 71.5 Å². The minimum atomic E-state index is -4.06. The van der Waals surface area contributed by atoms with E-state index >= 15 is 0 Å². The molecule has 2 unspecified atom stereocenters. The number of fused-ring (bicyclic) bond motifs is 5. The van der Waals surface area contributed by atoms with E-state index < -0.39 is 55.9 Å². The molecule has 22 heteroatoms. The Bertz CT molecular complexity index is 1870. The lowest BCUT2D eigenvalue weighted by Gasteiger charge is -2.26. The van der Waals surface area contributed by atoms with Crippen LogP contribution >= 0.6 is 25.8 Å². The molecule has 3 aliphatic rings. The molecule has 2 bridgehead atoms. The molecule has 0 saturated carbocycles. The molecule has 4 aromatic heterocycles. The maximum atomic E-state index is 13.5. The van der Waals surface area contributed by atoms with Gasteiger partial charge in [-0.25, -0.2) is 19.5 Å². The van der Waals surface area contributed by atoms with Crippen molar-refractivity contribution in [3.05, 3.63) is 35.3 Å². The van der Waals surface area contributed by atoms with E-state index in [4.69, 9.17) is 50.8 Å². The third kappa shape index (κ3) is 5.62. The number of thiol groups is 1. The second kappa shape index (κ2) is 10.8. The van der Waals surface area contributed by atoms with E-state index in [-0.39, 0.29) is 43.2 Å². The first-order valence-electron chi connectivity index (χ1n) is 12.9. The molecule has 7 heterocycles. The summed E-state index contributed by atoms with van der Waals surface area (Å²) in [6.07, 6.45) is -0.188. The molecule has 0 spiro atoms. The van der Waals surface area contributed by atoms with Gasteiger partial charge in [0.05, 0.1) is 37.1 Å². The minimum Gasteiger partial charge on any atom is -0.383 e. The molecule has 43 heavy (non-hydrogen) atoms. The molecule has 230 valence electrons. The van der Waals surface area contributed by atoms with Gasteiger partial charge in [0.25, 0.3) is 5.56 Å². The Balaban J connectivity index is 1.17. The van der Waals surface area contributed by atoms with Crippen LogP contribution in [-0.2, 0) is 43.9 Å². The van der Waals surface area contributed by atoms with Crippen molar-refractivity contribution < 1.29 is 37.0 Å². The molecule has 7 rings (SSSR count). The SMILES string of the molecule is Nc1nc2c(ncn2[C@@H]2O[C@@H]3COP(O)(=S)O[C@H]4C[C@H](n5ccc6c(N)ncnc65)O[C@@H]4COP(=O)(S)O[C@@H]2C3)c(=O)[nH]1. The molecule has 3 aliphatic heterocycles.